The molecule has 1 rings (SSSR count). The molecule has 0 radical (unpaired) electrons. The highest BCUT2D eigenvalue weighted by molar-refractivity contribution is 5.49. The van der Waals surface area contributed by atoms with Gasteiger partial charge in [0.1, 0.15) is 0 Å². The molecule has 0 atom stereocenters. The first-order valence-electron chi connectivity index (χ1n) is 6.20. The highest BCUT2D eigenvalue weighted by atomic mass is 16.5. The highest BCUT2D eigenvalue weighted by Crippen LogP contribution is 2.20. The summed E-state index contributed by atoms with van der Waals surface area (Å²) in [6.45, 7) is 4.71. The molecule has 1 N–H and O–H groups in total. The summed E-state index contributed by atoms with van der Waals surface area (Å²) < 4.78 is 5.50. The Morgan fingerprint density at radius 2 is 2.18 bits per heavy atom. The first-order chi connectivity index (χ1) is 8.24. The lowest BCUT2D eigenvalue weighted by Crippen LogP contribution is -2.14. The van der Waals surface area contributed by atoms with Crippen molar-refractivity contribution >= 4 is 5.82 Å². The van der Waals surface area contributed by atoms with Crippen molar-refractivity contribution in [2.24, 2.45) is 0 Å². The van der Waals surface area contributed by atoms with Gasteiger partial charge in [0.2, 0.25) is 0 Å². The second-order valence-corrected chi connectivity index (χ2v) is 4.22. The second kappa shape index (κ2) is 7.90. The summed E-state index contributed by atoms with van der Waals surface area (Å²) in [6, 6.07) is 3.83. The van der Waals surface area contributed by atoms with Gasteiger partial charge in [-0.15, -0.1) is 0 Å². The maximum absolute atomic E-state index is 5.50. The zero-order valence-electron chi connectivity index (χ0n) is 11.1. The van der Waals surface area contributed by atoms with Crippen LogP contribution in [0.4, 0.5) is 5.82 Å². The van der Waals surface area contributed by atoms with Crippen molar-refractivity contribution in [2.75, 3.05) is 39.1 Å². The third-order valence-corrected chi connectivity index (χ3v) is 2.40. The van der Waals surface area contributed by atoms with E-state index in [0.29, 0.717) is 6.61 Å². The quantitative estimate of drug-likeness (QED) is 0.704. The van der Waals surface area contributed by atoms with Crippen LogP contribution in [0.3, 0.4) is 0 Å². The monoisotopic (exact) mass is 237 g/mol. The summed E-state index contributed by atoms with van der Waals surface area (Å²) in [6.07, 6.45) is 4.11. The summed E-state index contributed by atoms with van der Waals surface area (Å²) in [5, 5.41) is 3.32. The Balaban J connectivity index is 2.30. The number of nitrogens with zero attached hydrogens (tertiary/aromatic N) is 2. The molecule has 1 aromatic heterocycles. The maximum atomic E-state index is 5.50. The Hall–Kier alpha value is -1.29. The average Bonchev–Trinajstić information content (AvgIpc) is 2.31. The van der Waals surface area contributed by atoms with Crippen molar-refractivity contribution in [1.82, 2.24) is 9.88 Å². The number of aromatic nitrogens is 1. The van der Waals surface area contributed by atoms with E-state index in [-0.39, 0.29) is 0 Å². The molecule has 4 heteroatoms. The summed E-state index contributed by atoms with van der Waals surface area (Å²) in [5.41, 5.74) is 0. The van der Waals surface area contributed by atoms with Gasteiger partial charge in [-0.25, -0.2) is 4.98 Å². The van der Waals surface area contributed by atoms with Crippen LogP contribution in [0.2, 0.25) is 0 Å². The van der Waals surface area contributed by atoms with E-state index in [0.717, 1.165) is 31.1 Å². The molecule has 0 aliphatic carbocycles. The molecule has 1 heterocycles. The van der Waals surface area contributed by atoms with Crippen LogP contribution in [-0.4, -0.2) is 43.7 Å². The van der Waals surface area contributed by atoms with Crippen LogP contribution in [-0.2, 0) is 0 Å². The maximum Gasteiger partial charge on any atom is 0.168 e. The molecule has 4 nitrogen and oxygen atoms in total. The van der Waals surface area contributed by atoms with Crippen LogP contribution in [0, 0.1) is 0 Å². The molecule has 0 saturated carbocycles. The summed E-state index contributed by atoms with van der Waals surface area (Å²) in [5.74, 6) is 1.68. The Morgan fingerprint density at radius 3 is 2.88 bits per heavy atom. The van der Waals surface area contributed by atoms with Crippen molar-refractivity contribution in [2.45, 2.75) is 19.8 Å². The standard InChI is InChI=1S/C13H23N3O/c1-4-17-12-8-7-10-15-13(12)14-9-5-6-11-16(2)3/h7-8,10H,4-6,9,11H2,1-3H3,(H,14,15). The minimum atomic E-state index is 0.668. The van der Waals surface area contributed by atoms with Gasteiger partial charge < -0.3 is 15.0 Å². The molecule has 0 fully saturated rings. The van der Waals surface area contributed by atoms with Crippen LogP contribution >= 0.6 is 0 Å². The third-order valence-electron chi connectivity index (χ3n) is 2.40. The predicted octanol–water partition coefficient (Wildman–Crippen LogP) is 2.23. The van der Waals surface area contributed by atoms with Crippen LogP contribution in [0.15, 0.2) is 18.3 Å². The molecule has 0 spiro atoms. The van der Waals surface area contributed by atoms with Crippen molar-refractivity contribution in [3.8, 4) is 5.75 Å². The Bertz CT molecular complexity index is 315. The molecular weight excluding hydrogens is 214 g/mol. The summed E-state index contributed by atoms with van der Waals surface area (Å²) >= 11 is 0. The highest BCUT2D eigenvalue weighted by Gasteiger charge is 2.02. The molecule has 0 amide bonds. The zero-order chi connectivity index (χ0) is 12.5. The number of anilines is 1. The van der Waals surface area contributed by atoms with Gasteiger partial charge in [0, 0.05) is 12.7 Å². The fourth-order valence-electron chi connectivity index (χ4n) is 1.56. The van der Waals surface area contributed by atoms with E-state index in [1.807, 2.05) is 19.1 Å². The van der Waals surface area contributed by atoms with Gasteiger partial charge in [-0.05, 0) is 52.5 Å². The molecule has 17 heavy (non-hydrogen) atoms. The zero-order valence-corrected chi connectivity index (χ0v) is 11.1. The van der Waals surface area contributed by atoms with Gasteiger partial charge in [-0.1, -0.05) is 0 Å². The summed E-state index contributed by atoms with van der Waals surface area (Å²) in [4.78, 5) is 6.48. The first-order valence-corrected chi connectivity index (χ1v) is 6.20. The van der Waals surface area contributed by atoms with Gasteiger partial charge in [0.15, 0.2) is 11.6 Å². The van der Waals surface area contributed by atoms with E-state index < -0.39 is 0 Å². The fraction of sp³-hybridized carbons (Fsp3) is 0.615. The molecule has 0 aliphatic rings. The van der Waals surface area contributed by atoms with E-state index >= 15 is 0 Å². The van der Waals surface area contributed by atoms with E-state index in [1.54, 1.807) is 6.20 Å². The van der Waals surface area contributed by atoms with Crippen molar-refractivity contribution < 1.29 is 4.74 Å². The number of ether oxygens (including phenoxy) is 1. The Labute approximate surface area is 104 Å². The number of unbranched alkanes of at least 4 members (excludes halogenated alkanes) is 1. The van der Waals surface area contributed by atoms with E-state index in [9.17, 15) is 0 Å². The number of nitrogens with one attached hydrogen (secondary N) is 1. The smallest absolute Gasteiger partial charge is 0.168 e. The van der Waals surface area contributed by atoms with E-state index in [2.05, 4.69) is 29.3 Å². The minimum absolute atomic E-state index is 0.668. The van der Waals surface area contributed by atoms with Gasteiger partial charge in [0.25, 0.3) is 0 Å². The largest absolute Gasteiger partial charge is 0.490 e. The molecule has 0 aliphatic heterocycles. The SMILES string of the molecule is CCOc1cccnc1NCCCCN(C)C. The predicted molar refractivity (Wildman–Crippen MR) is 71.7 cm³/mol. The molecule has 0 bridgehead atoms. The molecule has 0 aromatic carbocycles. The minimum Gasteiger partial charge on any atom is -0.490 e. The summed E-state index contributed by atoms with van der Waals surface area (Å²) in [7, 11) is 4.19. The number of hydrogen-bond acceptors (Lipinski definition) is 4. The lowest BCUT2D eigenvalue weighted by molar-refractivity contribution is 0.340. The molecule has 0 unspecified atom stereocenters. The molecule has 96 valence electrons. The molecule has 1 aromatic rings. The second-order valence-electron chi connectivity index (χ2n) is 4.22. The van der Waals surface area contributed by atoms with Crippen LogP contribution in [0.5, 0.6) is 5.75 Å². The van der Waals surface area contributed by atoms with Crippen LogP contribution < -0.4 is 10.1 Å². The number of hydrogen-bond donors (Lipinski definition) is 1. The van der Waals surface area contributed by atoms with Gasteiger partial charge in [0.05, 0.1) is 6.61 Å². The van der Waals surface area contributed by atoms with Gasteiger partial charge in [-0.2, -0.15) is 0 Å². The van der Waals surface area contributed by atoms with Gasteiger partial charge in [-0.3, -0.25) is 0 Å². The Kier molecular flexibility index (Phi) is 6.40. The lowest BCUT2D eigenvalue weighted by Gasteiger charge is -2.12. The number of rotatable bonds is 8. The van der Waals surface area contributed by atoms with Gasteiger partial charge >= 0.3 is 0 Å². The van der Waals surface area contributed by atoms with E-state index in [4.69, 9.17) is 4.74 Å². The van der Waals surface area contributed by atoms with E-state index in [1.165, 1.54) is 6.42 Å². The van der Waals surface area contributed by atoms with Crippen LogP contribution in [0.1, 0.15) is 19.8 Å². The number of pyridine rings is 1. The van der Waals surface area contributed by atoms with Crippen molar-refractivity contribution in [3.05, 3.63) is 18.3 Å². The third kappa shape index (κ3) is 5.54. The average molecular weight is 237 g/mol. The van der Waals surface area contributed by atoms with Crippen molar-refractivity contribution in [1.29, 1.82) is 0 Å². The topological polar surface area (TPSA) is 37.4 Å². The Morgan fingerprint density at radius 1 is 1.35 bits per heavy atom. The molecular formula is C13H23N3O. The first kappa shape index (κ1) is 13.8. The lowest BCUT2D eigenvalue weighted by atomic mass is 10.3. The van der Waals surface area contributed by atoms with Crippen LogP contribution in [0.25, 0.3) is 0 Å². The fourth-order valence-corrected chi connectivity index (χ4v) is 1.56. The molecule has 0 saturated heterocycles. The van der Waals surface area contributed by atoms with Crippen molar-refractivity contribution in [3.63, 3.8) is 0 Å². The normalized spacial score (nSPS) is 10.6.